The second-order valence-electron chi connectivity index (χ2n) is 13.5. The van der Waals surface area contributed by atoms with Gasteiger partial charge in [-0.05, 0) is 67.4 Å². The van der Waals surface area contributed by atoms with E-state index >= 15 is 0 Å². The number of aliphatic carboxylic acids is 1. The first-order valence-corrected chi connectivity index (χ1v) is 15.7. The van der Waals surface area contributed by atoms with E-state index in [1.807, 2.05) is 50.6 Å². The number of nitrogens with one attached hydrogen (secondary N) is 1. The summed E-state index contributed by atoms with van der Waals surface area (Å²) in [5.41, 5.74) is 2.56. The molecule has 0 spiro atoms. The molecule has 1 unspecified atom stereocenters. The molecule has 1 aromatic carbocycles. The summed E-state index contributed by atoms with van der Waals surface area (Å²) in [6, 6.07) is 7.84. The molecular formula is C34H48N4O6. The lowest BCUT2D eigenvalue weighted by molar-refractivity contribution is -0.156. The number of nitrogens with zero attached hydrogens (tertiary/aromatic N) is 3. The topological polar surface area (TPSA) is 107 Å². The predicted octanol–water partition coefficient (Wildman–Crippen LogP) is 5.76. The van der Waals surface area contributed by atoms with Crippen LogP contribution in [0.15, 0.2) is 42.0 Å². The number of hydrogen-bond donors (Lipinski definition) is 2. The molecule has 0 saturated carbocycles. The normalized spacial score (nSPS) is 25.6. The number of carboxylic acid groups (broad SMARTS) is 1. The lowest BCUT2D eigenvalue weighted by Crippen LogP contribution is -2.49. The maximum absolute atomic E-state index is 12.7. The van der Waals surface area contributed by atoms with E-state index in [0.29, 0.717) is 31.9 Å². The molecule has 3 atom stereocenters. The number of benzene rings is 1. The van der Waals surface area contributed by atoms with Gasteiger partial charge in [-0.1, -0.05) is 29.8 Å². The number of carbonyl (C=O) groups is 1. The standard InChI is InChI=1S/C34H48N4O6/c1-22-11-12-27-25(18-22)20-41-21-26-19-28-35-24(3)29(30(32(39)40)44-33(4,5)6)31(38(28)36-26)37-15-13-34(7,14-16-37)42-17-9-8-10-23(2)43-27/h8-9,11-12,18-19,23-24,30,35H,10,13-17,20-21H2,1-7H3,(H,39,40)/t23-,24?,30-/m0/s1. The molecule has 44 heavy (non-hydrogen) atoms. The number of carboxylic acids is 1. The second-order valence-corrected chi connectivity index (χ2v) is 13.5. The van der Waals surface area contributed by atoms with Crippen LogP contribution in [0.4, 0.5) is 5.82 Å². The number of aryl methyl sites for hydroxylation is 1. The maximum atomic E-state index is 12.7. The Morgan fingerprint density at radius 2 is 1.91 bits per heavy atom. The zero-order valence-corrected chi connectivity index (χ0v) is 27.2. The van der Waals surface area contributed by atoms with E-state index in [0.717, 1.165) is 53.5 Å². The molecule has 2 aromatic rings. The summed E-state index contributed by atoms with van der Waals surface area (Å²) in [5.74, 6) is 1.34. The van der Waals surface area contributed by atoms with Gasteiger partial charge in [0.25, 0.3) is 0 Å². The molecular weight excluding hydrogens is 560 g/mol. The van der Waals surface area contributed by atoms with E-state index in [1.165, 1.54) is 0 Å². The Kier molecular flexibility index (Phi) is 9.44. The van der Waals surface area contributed by atoms with Crippen LogP contribution in [-0.2, 0) is 32.2 Å². The van der Waals surface area contributed by atoms with Crippen molar-refractivity contribution in [1.82, 2.24) is 14.7 Å². The summed E-state index contributed by atoms with van der Waals surface area (Å²) < 4.78 is 26.9. The van der Waals surface area contributed by atoms with Gasteiger partial charge in [0.15, 0.2) is 6.10 Å². The summed E-state index contributed by atoms with van der Waals surface area (Å²) in [6.07, 6.45) is 5.40. The third-order valence-electron chi connectivity index (χ3n) is 8.36. The number of anilines is 1. The summed E-state index contributed by atoms with van der Waals surface area (Å²) in [6.45, 7) is 16.5. The fraction of sp³-hybridized carbons (Fsp3) is 0.588. The summed E-state index contributed by atoms with van der Waals surface area (Å²) >= 11 is 0. The number of hydrogen-bond acceptors (Lipinski definition) is 8. The third kappa shape index (κ3) is 7.47. The van der Waals surface area contributed by atoms with Gasteiger partial charge in [-0.15, -0.1) is 0 Å². The molecule has 0 aliphatic carbocycles. The molecule has 10 nitrogen and oxygen atoms in total. The number of piperidine rings is 1. The average Bonchev–Trinajstić information content (AvgIpc) is 3.34. The van der Waals surface area contributed by atoms with Crippen LogP contribution in [0.25, 0.3) is 5.82 Å². The van der Waals surface area contributed by atoms with Crippen molar-refractivity contribution in [3.8, 4) is 5.75 Å². The maximum Gasteiger partial charge on any atom is 0.337 e. The van der Waals surface area contributed by atoms with Gasteiger partial charge in [0.05, 0.1) is 48.9 Å². The van der Waals surface area contributed by atoms with Crippen molar-refractivity contribution in [2.24, 2.45) is 0 Å². The Labute approximate surface area is 261 Å². The van der Waals surface area contributed by atoms with E-state index < -0.39 is 17.7 Å². The third-order valence-corrected chi connectivity index (χ3v) is 8.36. The fourth-order valence-corrected chi connectivity index (χ4v) is 6.05. The molecule has 6 rings (SSSR count). The summed E-state index contributed by atoms with van der Waals surface area (Å²) in [5, 5.41) is 18.8. The molecule has 10 heteroatoms. The Hall–Kier alpha value is -3.34. The van der Waals surface area contributed by atoms with Crippen LogP contribution in [0.1, 0.15) is 77.6 Å². The molecule has 1 fully saturated rings. The molecule has 4 aliphatic rings. The smallest absolute Gasteiger partial charge is 0.337 e. The summed E-state index contributed by atoms with van der Waals surface area (Å²) in [7, 11) is 0. The molecule has 0 amide bonds. The number of ether oxygens (including phenoxy) is 4. The van der Waals surface area contributed by atoms with Crippen molar-refractivity contribution in [1.29, 1.82) is 0 Å². The van der Waals surface area contributed by atoms with Crippen molar-refractivity contribution in [3.05, 3.63) is 58.8 Å². The molecule has 4 bridgehead atoms. The average molecular weight is 609 g/mol. The Morgan fingerprint density at radius 1 is 1.16 bits per heavy atom. The number of rotatable bonds is 3. The van der Waals surface area contributed by atoms with Crippen molar-refractivity contribution in [3.63, 3.8) is 0 Å². The van der Waals surface area contributed by atoms with Crippen LogP contribution < -0.4 is 10.1 Å². The van der Waals surface area contributed by atoms with Crippen LogP contribution in [0, 0.1) is 6.92 Å². The molecule has 0 radical (unpaired) electrons. The first-order valence-electron chi connectivity index (χ1n) is 15.7. The number of aromatic nitrogens is 2. The van der Waals surface area contributed by atoms with Gasteiger partial charge < -0.3 is 34.3 Å². The second kappa shape index (κ2) is 12.9. The van der Waals surface area contributed by atoms with Crippen LogP contribution in [-0.4, -0.2) is 74.9 Å². The van der Waals surface area contributed by atoms with E-state index in [-0.39, 0.29) is 24.4 Å². The summed E-state index contributed by atoms with van der Waals surface area (Å²) in [4.78, 5) is 14.9. The highest BCUT2D eigenvalue weighted by Gasteiger charge is 2.41. The molecule has 4 aliphatic heterocycles. The highest BCUT2D eigenvalue weighted by molar-refractivity contribution is 5.81. The van der Waals surface area contributed by atoms with E-state index in [9.17, 15) is 9.90 Å². The van der Waals surface area contributed by atoms with Crippen molar-refractivity contribution in [2.75, 3.05) is 25.0 Å². The van der Waals surface area contributed by atoms with Crippen LogP contribution in [0.3, 0.4) is 0 Å². The zero-order valence-electron chi connectivity index (χ0n) is 27.2. The van der Waals surface area contributed by atoms with Gasteiger partial charge in [-0.3, -0.25) is 0 Å². The lowest BCUT2D eigenvalue weighted by atomic mass is 9.92. The van der Waals surface area contributed by atoms with E-state index in [2.05, 4.69) is 49.2 Å². The first kappa shape index (κ1) is 32.1. The zero-order chi connectivity index (χ0) is 31.6. The van der Waals surface area contributed by atoms with Crippen LogP contribution in [0.5, 0.6) is 5.75 Å². The largest absolute Gasteiger partial charge is 0.490 e. The van der Waals surface area contributed by atoms with Crippen LogP contribution in [0.2, 0.25) is 0 Å². The van der Waals surface area contributed by atoms with Gasteiger partial charge in [-0.25, -0.2) is 9.48 Å². The van der Waals surface area contributed by atoms with Gasteiger partial charge >= 0.3 is 5.97 Å². The molecule has 1 saturated heterocycles. The van der Waals surface area contributed by atoms with Crippen molar-refractivity contribution < 1.29 is 28.8 Å². The molecule has 240 valence electrons. The van der Waals surface area contributed by atoms with Crippen molar-refractivity contribution >= 4 is 17.6 Å². The quantitative estimate of drug-likeness (QED) is 0.421. The van der Waals surface area contributed by atoms with Gasteiger partial charge in [-0.2, -0.15) is 5.10 Å². The Morgan fingerprint density at radius 3 is 2.61 bits per heavy atom. The highest BCUT2D eigenvalue weighted by Crippen LogP contribution is 2.38. The molecule has 5 heterocycles. The highest BCUT2D eigenvalue weighted by atomic mass is 16.5. The Balaban J connectivity index is 1.54. The van der Waals surface area contributed by atoms with Gasteiger partial charge in [0, 0.05) is 36.7 Å². The monoisotopic (exact) mass is 608 g/mol. The number of fused-ring (bicyclic) bond motifs is 9. The van der Waals surface area contributed by atoms with Crippen molar-refractivity contribution in [2.45, 2.75) is 110 Å². The minimum atomic E-state index is -1.15. The SMILES string of the molecule is Cc1ccc2c(c1)COCc1cc3n(n1)C(=C([C@H](OC(C)(C)C)C(=O)O)C(C)N3)N1CCC(C)(CC1)OCC=CC[C@H](C)O2. The molecule has 1 aromatic heterocycles. The lowest BCUT2D eigenvalue weighted by Gasteiger charge is -2.44. The fourth-order valence-electron chi connectivity index (χ4n) is 6.05. The van der Waals surface area contributed by atoms with Crippen LogP contribution >= 0.6 is 0 Å². The molecule has 2 N–H and O–H groups in total. The van der Waals surface area contributed by atoms with Gasteiger partial charge in [0.2, 0.25) is 0 Å². The van der Waals surface area contributed by atoms with E-state index in [1.54, 1.807) is 0 Å². The minimum Gasteiger partial charge on any atom is -0.490 e. The minimum absolute atomic E-state index is 0.00125. The van der Waals surface area contributed by atoms with Gasteiger partial charge in [0.1, 0.15) is 17.4 Å². The Bertz CT molecular complexity index is 1400. The predicted molar refractivity (Wildman–Crippen MR) is 169 cm³/mol. The first-order chi connectivity index (χ1) is 20.8. The van der Waals surface area contributed by atoms with E-state index in [4.69, 9.17) is 24.0 Å².